The Morgan fingerprint density at radius 2 is 1.52 bits per heavy atom. The maximum Gasteiger partial charge on any atom is 0.228 e. The molecule has 0 fully saturated rings. The van der Waals surface area contributed by atoms with Crippen LogP contribution in [0.3, 0.4) is 0 Å². The van der Waals surface area contributed by atoms with Crippen LogP contribution in [-0.2, 0) is 4.79 Å². The molecule has 2 atom stereocenters. The van der Waals surface area contributed by atoms with Crippen LogP contribution in [0, 0.1) is 0 Å². The number of amides is 1. The highest BCUT2D eigenvalue weighted by atomic mass is 16.3. The summed E-state index contributed by atoms with van der Waals surface area (Å²) in [5.74, 6) is -0.240. The monoisotopic (exact) mass is 283 g/mol. The summed E-state index contributed by atoms with van der Waals surface area (Å²) in [6.45, 7) is 1.88. The van der Waals surface area contributed by atoms with Crippen LogP contribution in [0.5, 0.6) is 0 Å². The summed E-state index contributed by atoms with van der Waals surface area (Å²) in [6.07, 6.45) is 0.725. The summed E-state index contributed by atoms with van der Waals surface area (Å²) in [7, 11) is 0. The number of carbonyl (C=O) groups is 1. The van der Waals surface area contributed by atoms with Gasteiger partial charge in [0.1, 0.15) is 0 Å². The first kappa shape index (κ1) is 15.3. The average molecular weight is 283 g/mol. The first-order valence-corrected chi connectivity index (χ1v) is 7.27. The number of nitrogens with one attached hydrogen (secondary N) is 1. The van der Waals surface area contributed by atoms with Gasteiger partial charge < -0.3 is 10.4 Å². The lowest BCUT2D eigenvalue weighted by Gasteiger charge is -2.21. The van der Waals surface area contributed by atoms with Crippen LogP contribution in [0.4, 0.5) is 0 Å². The second-order valence-electron chi connectivity index (χ2n) is 5.03. The minimum atomic E-state index is -0.364. The van der Waals surface area contributed by atoms with E-state index in [4.69, 9.17) is 0 Å². The summed E-state index contributed by atoms with van der Waals surface area (Å²) in [6, 6.07) is 18.9. The van der Waals surface area contributed by atoms with Crippen molar-refractivity contribution in [2.24, 2.45) is 0 Å². The zero-order valence-corrected chi connectivity index (χ0v) is 12.2. The number of benzene rings is 2. The molecule has 0 bridgehead atoms. The first-order chi connectivity index (χ1) is 10.3. The molecule has 2 aromatic rings. The molecule has 1 amide bonds. The number of aliphatic hydroxyl groups excluding tert-OH is 1. The van der Waals surface area contributed by atoms with Crippen molar-refractivity contribution in [3.8, 4) is 0 Å². The van der Waals surface area contributed by atoms with E-state index < -0.39 is 0 Å². The molecule has 0 aliphatic carbocycles. The number of hydrogen-bond acceptors (Lipinski definition) is 2. The fourth-order valence-corrected chi connectivity index (χ4v) is 2.45. The Balaban J connectivity index is 2.11. The minimum Gasteiger partial charge on any atom is -0.394 e. The predicted octanol–water partition coefficient (Wildman–Crippen LogP) is 3.03. The van der Waals surface area contributed by atoms with E-state index in [0.717, 1.165) is 17.5 Å². The van der Waals surface area contributed by atoms with Gasteiger partial charge in [-0.25, -0.2) is 0 Å². The zero-order valence-electron chi connectivity index (χ0n) is 12.2. The quantitative estimate of drug-likeness (QED) is 0.856. The Morgan fingerprint density at radius 3 is 2.00 bits per heavy atom. The smallest absolute Gasteiger partial charge is 0.228 e. The first-order valence-electron chi connectivity index (χ1n) is 7.27. The normalized spacial score (nSPS) is 13.4. The summed E-state index contributed by atoms with van der Waals surface area (Å²) in [5, 5.41) is 12.5. The van der Waals surface area contributed by atoms with Gasteiger partial charge in [0.05, 0.1) is 18.6 Å². The van der Waals surface area contributed by atoms with Gasteiger partial charge in [0.25, 0.3) is 0 Å². The summed E-state index contributed by atoms with van der Waals surface area (Å²) in [4.78, 5) is 12.5. The Morgan fingerprint density at radius 1 is 1.00 bits per heavy atom. The largest absolute Gasteiger partial charge is 0.394 e. The summed E-state index contributed by atoms with van der Waals surface area (Å²) in [5.41, 5.74) is 1.92. The van der Waals surface area contributed by atoms with Gasteiger partial charge in [-0.05, 0) is 17.5 Å². The molecule has 0 aromatic heterocycles. The average Bonchev–Trinajstić information content (AvgIpc) is 2.55. The van der Waals surface area contributed by atoms with E-state index in [9.17, 15) is 9.90 Å². The molecule has 2 N–H and O–H groups in total. The zero-order chi connectivity index (χ0) is 15.1. The van der Waals surface area contributed by atoms with Gasteiger partial charge in [0.15, 0.2) is 0 Å². The number of carbonyl (C=O) groups excluding carboxylic acids is 1. The minimum absolute atomic E-state index is 0.0494. The molecular weight excluding hydrogens is 262 g/mol. The van der Waals surface area contributed by atoms with Crippen LogP contribution in [0.2, 0.25) is 0 Å². The van der Waals surface area contributed by atoms with Gasteiger partial charge in [0, 0.05) is 0 Å². The topological polar surface area (TPSA) is 49.3 Å². The molecule has 0 aliphatic heterocycles. The van der Waals surface area contributed by atoms with E-state index in [-0.39, 0.29) is 24.5 Å². The van der Waals surface area contributed by atoms with Crippen LogP contribution in [0.25, 0.3) is 0 Å². The van der Waals surface area contributed by atoms with Crippen molar-refractivity contribution >= 4 is 5.91 Å². The third-order valence-electron chi connectivity index (χ3n) is 3.63. The third-order valence-corrected chi connectivity index (χ3v) is 3.63. The SMILES string of the molecule is CC[C@H](C(=O)N[C@@H](CO)c1ccccc1)c1ccccc1. The lowest BCUT2D eigenvalue weighted by atomic mass is 9.95. The summed E-state index contributed by atoms with van der Waals surface area (Å²) < 4.78 is 0. The van der Waals surface area contributed by atoms with E-state index in [0.29, 0.717) is 0 Å². The van der Waals surface area contributed by atoms with Crippen molar-refractivity contribution in [3.05, 3.63) is 71.8 Å². The predicted molar refractivity (Wildman–Crippen MR) is 83.9 cm³/mol. The van der Waals surface area contributed by atoms with Gasteiger partial charge in [-0.3, -0.25) is 4.79 Å². The Bertz CT molecular complexity index is 554. The van der Waals surface area contributed by atoms with Crippen LogP contribution in [0.1, 0.15) is 36.4 Å². The number of rotatable bonds is 6. The van der Waals surface area contributed by atoms with Crippen molar-refractivity contribution in [2.75, 3.05) is 6.61 Å². The van der Waals surface area contributed by atoms with Crippen molar-refractivity contribution < 1.29 is 9.90 Å². The Kier molecular flexibility index (Phi) is 5.52. The van der Waals surface area contributed by atoms with Crippen molar-refractivity contribution in [3.63, 3.8) is 0 Å². The molecule has 0 saturated carbocycles. The molecule has 3 nitrogen and oxygen atoms in total. The molecule has 110 valence electrons. The molecule has 21 heavy (non-hydrogen) atoms. The van der Waals surface area contributed by atoms with Crippen LogP contribution in [0.15, 0.2) is 60.7 Å². The van der Waals surface area contributed by atoms with E-state index in [1.807, 2.05) is 67.6 Å². The van der Waals surface area contributed by atoms with Gasteiger partial charge in [-0.1, -0.05) is 67.6 Å². The Hall–Kier alpha value is -2.13. The molecule has 2 aromatic carbocycles. The van der Waals surface area contributed by atoms with Gasteiger partial charge in [-0.2, -0.15) is 0 Å². The molecule has 0 saturated heterocycles. The lowest BCUT2D eigenvalue weighted by molar-refractivity contribution is -0.123. The second-order valence-corrected chi connectivity index (χ2v) is 5.03. The van der Waals surface area contributed by atoms with E-state index >= 15 is 0 Å². The van der Waals surface area contributed by atoms with Gasteiger partial charge >= 0.3 is 0 Å². The molecule has 0 radical (unpaired) electrons. The molecule has 0 aliphatic rings. The molecule has 0 heterocycles. The third kappa shape index (κ3) is 3.92. The highest BCUT2D eigenvalue weighted by Gasteiger charge is 2.21. The van der Waals surface area contributed by atoms with E-state index in [2.05, 4.69) is 5.32 Å². The fourth-order valence-electron chi connectivity index (χ4n) is 2.45. The Labute approximate surface area is 125 Å². The molecule has 2 rings (SSSR count). The maximum absolute atomic E-state index is 12.5. The molecule has 3 heteroatoms. The maximum atomic E-state index is 12.5. The molecular formula is C18H21NO2. The van der Waals surface area contributed by atoms with E-state index in [1.165, 1.54) is 0 Å². The standard InChI is InChI=1S/C18H21NO2/c1-2-16(14-9-5-3-6-10-14)18(21)19-17(13-20)15-11-7-4-8-12-15/h3-12,16-17,20H,2,13H2,1H3,(H,19,21)/t16-,17-/m0/s1. The van der Waals surface area contributed by atoms with E-state index in [1.54, 1.807) is 0 Å². The van der Waals surface area contributed by atoms with Crippen LogP contribution < -0.4 is 5.32 Å². The molecule has 0 unspecified atom stereocenters. The highest BCUT2D eigenvalue weighted by molar-refractivity contribution is 5.84. The summed E-state index contributed by atoms with van der Waals surface area (Å²) >= 11 is 0. The van der Waals surface area contributed by atoms with Crippen molar-refractivity contribution in [1.29, 1.82) is 0 Å². The van der Waals surface area contributed by atoms with Crippen LogP contribution in [-0.4, -0.2) is 17.6 Å². The second kappa shape index (κ2) is 7.60. The van der Waals surface area contributed by atoms with Gasteiger partial charge in [0.2, 0.25) is 5.91 Å². The lowest BCUT2D eigenvalue weighted by Crippen LogP contribution is -2.34. The van der Waals surface area contributed by atoms with Crippen molar-refractivity contribution in [1.82, 2.24) is 5.32 Å². The number of aliphatic hydroxyl groups is 1. The van der Waals surface area contributed by atoms with Crippen molar-refractivity contribution in [2.45, 2.75) is 25.3 Å². The van der Waals surface area contributed by atoms with Gasteiger partial charge in [-0.15, -0.1) is 0 Å². The van der Waals surface area contributed by atoms with Crippen LogP contribution >= 0.6 is 0 Å². The molecule has 0 spiro atoms. The fraction of sp³-hybridized carbons (Fsp3) is 0.278. The highest BCUT2D eigenvalue weighted by Crippen LogP contribution is 2.21. The number of hydrogen-bond donors (Lipinski definition) is 2.